The second-order valence-corrected chi connectivity index (χ2v) is 6.74. The number of likely N-dealkylation sites (tertiary alicyclic amines) is 1. The molecule has 118 valence electrons. The lowest BCUT2D eigenvalue weighted by Crippen LogP contribution is -2.47. The molecule has 1 atom stereocenters. The van der Waals surface area contributed by atoms with Gasteiger partial charge < -0.3 is 9.84 Å². The number of hydrogen-bond acceptors (Lipinski definition) is 3. The Morgan fingerprint density at radius 2 is 1.90 bits per heavy atom. The van der Waals surface area contributed by atoms with Gasteiger partial charge in [-0.25, -0.2) is 0 Å². The molecule has 0 aliphatic carbocycles. The van der Waals surface area contributed by atoms with Crippen molar-refractivity contribution in [3.05, 3.63) is 34.9 Å². The molecular weight excluding hydrogens is 286 g/mol. The smallest absolute Gasteiger partial charge is 0.0615 e. The van der Waals surface area contributed by atoms with Gasteiger partial charge >= 0.3 is 0 Å². The van der Waals surface area contributed by atoms with Crippen LogP contribution < -0.4 is 0 Å². The molecule has 1 aliphatic heterocycles. The molecule has 1 aromatic rings. The van der Waals surface area contributed by atoms with Crippen molar-refractivity contribution in [3.8, 4) is 0 Å². The Kier molecular flexibility index (Phi) is 6.06. The summed E-state index contributed by atoms with van der Waals surface area (Å²) >= 11 is 5.94. The number of nitrogens with zero attached hydrogens (tertiary/aromatic N) is 1. The van der Waals surface area contributed by atoms with Gasteiger partial charge in [-0.3, -0.25) is 4.90 Å². The topological polar surface area (TPSA) is 32.7 Å². The second kappa shape index (κ2) is 7.59. The molecule has 0 aromatic heterocycles. The fourth-order valence-electron chi connectivity index (χ4n) is 3.21. The van der Waals surface area contributed by atoms with Gasteiger partial charge in [-0.05, 0) is 62.4 Å². The summed E-state index contributed by atoms with van der Waals surface area (Å²) in [5.41, 5.74) is 1.27. The molecule has 3 nitrogen and oxygen atoms in total. The number of piperidine rings is 1. The van der Waals surface area contributed by atoms with Crippen molar-refractivity contribution in [3.63, 3.8) is 0 Å². The van der Waals surface area contributed by atoms with E-state index in [1.54, 1.807) is 7.11 Å². The molecule has 21 heavy (non-hydrogen) atoms. The zero-order valence-corrected chi connectivity index (χ0v) is 13.8. The molecule has 1 N–H and O–H groups in total. The normalized spacial score (nSPS) is 20.4. The molecule has 1 unspecified atom stereocenters. The third kappa shape index (κ3) is 4.43. The van der Waals surface area contributed by atoms with Crippen molar-refractivity contribution >= 4 is 11.6 Å². The van der Waals surface area contributed by atoms with E-state index in [0.717, 1.165) is 44.0 Å². The number of ether oxygens (including phenoxy) is 1. The van der Waals surface area contributed by atoms with E-state index >= 15 is 0 Å². The highest BCUT2D eigenvalue weighted by Gasteiger charge is 2.35. The molecule has 1 saturated heterocycles. The van der Waals surface area contributed by atoms with E-state index in [1.165, 1.54) is 5.56 Å². The van der Waals surface area contributed by atoms with Gasteiger partial charge in [-0.1, -0.05) is 23.7 Å². The van der Waals surface area contributed by atoms with E-state index in [2.05, 4.69) is 24.0 Å². The van der Waals surface area contributed by atoms with Crippen LogP contribution in [-0.4, -0.2) is 49.5 Å². The first-order valence-electron chi connectivity index (χ1n) is 7.67. The Morgan fingerprint density at radius 3 is 2.43 bits per heavy atom. The van der Waals surface area contributed by atoms with E-state index in [1.807, 2.05) is 12.1 Å². The van der Waals surface area contributed by atoms with Crippen LogP contribution in [0.15, 0.2) is 24.3 Å². The fourth-order valence-corrected chi connectivity index (χ4v) is 3.34. The number of methoxy groups -OCH3 is 1. The Labute approximate surface area is 132 Å². The molecule has 1 aliphatic rings. The minimum atomic E-state index is 0.0110. The zero-order valence-electron chi connectivity index (χ0n) is 13.0. The number of aliphatic hydroxyl groups is 1. The molecule has 1 heterocycles. The van der Waals surface area contributed by atoms with E-state index in [4.69, 9.17) is 16.3 Å². The molecular formula is C17H26ClNO2. The van der Waals surface area contributed by atoms with Gasteiger partial charge in [0.2, 0.25) is 0 Å². The average molecular weight is 312 g/mol. The predicted molar refractivity (Wildman–Crippen MR) is 86.8 cm³/mol. The molecule has 2 rings (SSSR count). The van der Waals surface area contributed by atoms with Crippen LogP contribution in [0.5, 0.6) is 0 Å². The molecule has 1 fully saturated rings. The molecule has 1 aromatic carbocycles. The largest absolute Gasteiger partial charge is 0.396 e. The predicted octanol–water partition coefficient (Wildman–Crippen LogP) is 2.99. The Hall–Kier alpha value is -0.610. The van der Waals surface area contributed by atoms with Gasteiger partial charge in [0.25, 0.3) is 0 Å². The summed E-state index contributed by atoms with van der Waals surface area (Å²) in [7, 11) is 1.75. The number of hydrogen-bond donors (Lipinski definition) is 1. The summed E-state index contributed by atoms with van der Waals surface area (Å²) in [6.07, 6.45) is 2.98. The van der Waals surface area contributed by atoms with E-state index in [-0.39, 0.29) is 12.0 Å². The van der Waals surface area contributed by atoms with E-state index < -0.39 is 0 Å². The number of rotatable bonds is 6. The van der Waals surface area contributed by atoms with Crippen molar-refractivity contribution in [1.29, 1.82) is 0 Å². The molecule has 4 heteroatoms. The van der Waals surface area contributed by atoms with Crippen molar-refractivity contribution < 1.29 is 9.84 Å². The lowest BCUT2D eigenvalue weighted by Gasteiger charge is -2.43. The standard InChI is InChI=1S/C17H26ClNO2/c1-14(12-21-2)19-9-7-17(13-20,8-10-19)11-15-3-5-16(18)6-4-15/h3-6,14,20H,7-13H2,1-2H3. The van der Waals surface area contributed by atoms with Crippen LogP contribution in [0.25, 0.3) is 0 Å². The molecule has 0 spiro atoms. The van der Waals surface area contributed by atoms with Crippen LogP contribution in [0.3, 0.4) is 0 Å². The zero-order chi connectivity index (χ0) is 15.3. The first-order chi connectivity index (χ1) is 10.1. The summed E-state index contributed by atoms with van der Waals surface area (Å²) in [6.45, 7) is 5.28. The van der Waals surface area contributed by atoms with Crippen molar-refractivity contribution in [2.75, 3.05) is 33.4 Å². The lowest BCUT2D eigenvalue weighted by molar-refractivity contribution is 0.0130. The number of benzene rings is 1. The quantitative estimate of drug-likeness (QED) is 0.876. The summed E-state index contributed by atoms with van der Waals surface area (Å²) < 4.78 is 5.24. The lowest BCUT2D eigenvalue weighted by atomic mass is 9.74. The van der Waals surface area contributed by atoms with Crippen molar-refractivity contribution in [1.82, 2.24) is 4.90 Å². The van der Waals surface area contributed by atoms with Crippen molar-refractivity contribution in [2.45, 2.75) is 32.2 Å². The third-order valence-corrected chi connectivity index (χ3v) is 4.97. The maximum Gasteiger partial charge on any atom is 0.0615 e. The molecule has 0 radical (unpaired) electrons. The summed E-state index contributed by atoms with van der Waals surface area (Å²) in [4.78, 5) is 2.46. The van der Waals surface area contributed by atoms with Gasteiger partial charge in [0, 0.05) is 24.8 Å². The van der Waals surface area contributed by atoms with Crippen LogP contribution in [-0.2, 0) is 11.2 Å². The second-order valence-electron chi connectivity index (χ2n) is 6.30. The Bertz CT molecular complexity index is 427. The van der Waals surface area contributed by atoms with Crippen LogP contribution in [0.4, 0.5) is 0 Å². The van der Waals surface area contributed by atoms with Gasteiger partial charge in [-0.2, -0.15) is 0 Å². The highest BCUT2D eigenvalue weighted by Crippen LogP contribution is 2.35. The minimum Gasteiger partial charge on any atom is -0.396 e. The Balaban J connectivity index is 1.96. The summed E-state index contributed by atoms with van der Waals surface area (Å²) in [5.74, 6) is 0. The van der Waals surface area contributed by atoms with Gasteiger partial charge in [0.15, 0.2) is 0 Å². The van der Waals surface area contributed by atoms with E-state index in [0.29, 0.717) is 6.04 Å². The average Bonchev–Trinajstić information content (AvgIpc) is 2.50. The first-order valence-corrected chi connectivity index (χ1v) is 8.05. The van der Waals surface area contributed by atoms with Crippen LogP contribution in [0.1, 0.15) is 25.3 Å². The third-order valence-electron chi connectivity index (χ3n) is 4.72. The molecule has 0 bridgehead atoms. The fraction of sp³-hybridized carbons (Fsp3) is 0.647. The highest BCUT2D eigenvalue weighted by molar-refractivity contribution is 6.30. The maximum atomic E-state index is 9.92. The van der Waals surface area contributed by atoms with E-state index in [9.17, 15) is 5.11 Å². The van der Waals surface area contributed by atoms with Crippen LogP contribution >= 0.6 is 11.6 Å². The number of halogens is 1. The minimum absolute atomic E-state index is 0.0110. The van der Waals surface area contributed by atoms with Crippen LogP contribution in [0, 0.1) is 5.41 Å². The monoisotopic (exact) mass is 311 g/mol. The number of aliphatic hydroxyl groups excluding tert-OH is 1. The van der Waals surface area contributed by atoms with Gasteiger partial charge in [0.05, 0.1) is 6.61 Å². The summed E-state index contributed by atoms with van der Waals surface area (Å²) in [5, 5.41) is 10.7. The molecule has 0 saturated carbocycles. The van der Waals surface area contributed by atoms with Crippen molar-refractivity contribution in [2.24, 2.45) is 5.41 Å². The maximum absolute atomic E-state index is 9.92. The first kappa shape index (κ1) is 16.8. The Morgan fingerprint density at radius 1 is 1.29 bits per heavy atom. The molecule has 0 amide bonds. The van der Waals surface area contributed by atoms with Gasteiger partial charge in [0.1, 0.15) is 0 Å². The highest BCUT2D eigenvalue weighted by atomic mass is 35.5. The van der Waals surface area contributed by atoms with Gasteiger partial charge in [-0.15, -0.1) is 0 Å². The van der Waals surface area contributed by atoms with Crippen LogP contribution in [0.2, 0.25) is 5.02 Å². The summed E-state index contributed by atoms with van der Waals surface area (Å²) in [6, 6.07) is 8.44. The SMILES string of the molecule is COCC(C)N1CCC(CO)(Cc2ccc(Cl)cc2)CC1.